The summed E-state index contributed by atoms with van der Waals surface area (Å²) in [7, 11) is 1.68. The minimum absolute atomic E-state index is 0.265. The summed E-state index contributed by atoms with van der Waals surface area (Å²) in [5.74, 6) is 0.382. The van der Waals surface area contributed by atoms with Crippen LogP contribution in [-0.4, -0.2) is 49.5 Å². The number of carbonyl (C=O) groups is 1. The third kappa shape index (κ3) is 5.65. The molecule has 0 bridgehead atoms. The van der Waals surface area contributed by atoms with Crippen LogP contribution < -0.4 is 15.5 Å². The normalized spacial score (nSPS) is 14.0. The van der Waals surface area contributed by atoms with Crippen LogP contribution in [0.15, 0.2) is 36.4 Å². The quantitative estimate of drug-likeness (QED) is 0.696. The number of benzene rings is 1. The number of amides is 1. The zero-order valence-electron chi connectivity index (χ0n) is 15.8. The first kappa shape index (κ1) is 19.1. The smallest absolute Gasteiger partial charge is 0.276 e. The molecule has 2 aromatic rings. The van der Waals surface area contributed by atoms with Gasteiger partial charge in [0.1, 0.15) is 5.82 Å². The van der Waals surface area contributed by atoms with Crippen LogP contribution in [0.4, 0.5) is 17.2 Å². The van der Waals surface area contributed by atoms with Gasteiger partial charge in [0.15, 0.2) is 5.69 Å². The Labute approximate surface area is 160 Å². The zero-order valence-corrected chi connectivity index (χ0v) is 15.8. The Morgan fingerprint density at radius 1 is 1.07 bits per heavy atom. The third-order valence-corrected chi connectivity index (χ3v) is 4.57. The van der Waals surface area contributed by atoms with Crippen molar-refractivity contribution in [3.05, 3.63) is 42.1 Å². The van der Waals surface area contributed by atoms with Crippen molar-refractivity contribution >= 4 is 23.1 Å². The lowest BCUT2D eigenvalue weighted by atomic mass is 10.1. The molecule has 27 heavy (non-hydrogen) atoms. The van der Waals surface area contributed by atoms with Gasteiger partial charge < -0.3 is 20.3 Å². The van der Waals surface area contributed by atoms with Crippen LogP contribution in [-0.2, 0) is 4.74 Å². The van der Waals surface area contributed by atoms with Crippen LogP contribution >= 0.6 is 0 Å². The highest BCUT2D eigenvalue weighted by Crippen LogP contribution is 2.22. The Bertz CT molecular complexity index is 712. The standard InChI is InChI=1S/C20H27N5O2/c1-27-15-5-12-21-19-11-10-18(23-24-19)20(26)22-16-6-8-17(9-7-16)25-13-3-2-4-14-25/h6-11H,2-5,12-15H2,1H3,(H,21,24)(H,22,26). The number of hydrogen-bond donors (Lipinski definition) is 2. The number of nitrogens with zero attached hydrogens (tertiary/aromatic N) is 3. The maximum Gasteiger partial charge on any atom is 0.276 e. The summed E-state index contributed by atoms with van der Waals surface area (Å²) in [6.45, 7) is 3.65. The predicted molar refractivity (Wildman–Crippen MR) is 107 cm³/mol. The molecule has 2 heterocycles. The average Bonchev–Trinajstić information content (AvgIpc) is 2.73. The number of hydrogen-bond acceptors (Lipinski definition) is 6. The van der Waals surface area contributed by atoms with Gasteiger partial charge in [-0.1, -0.05) is 0 Å². The summed E-state index contributed by atoms with van der Waals surface area (Å²) in [6, 6.07) is 11.4. The van der Waals surface area contributed by atoms with Crippen LogP contribution in [0.1, 0.15) is 36.2 Å². The highest BCUT2D eigenvalue weighted by atomic mass is 16.5. The minimum atomic E-state index is -0.265. The van der Waals surface area contributed by atoms with Crippen molar-refractivity contribution in [3.63, 3.8) is 0 Å². The van der Waals surface area contributed by atoms with Crippen molar-refractivity contribution in [3.8, 4) is 0 Å². The maximum atomic E-state index is 12.4. The monoisotopic (exact) mass is 369 g/mol. The second-order valence-corrected chi connectivity index (χ2v) is 6.63. The molecule has 1 amide bonds. The lowest BCUT2D eigenvalue weighted by Crippen LogP contribution is -2.29. The van der Waals surface area contributed by atoms with Gasteiger partial charge in [0, 0.05) is 44.7 Å². The fourth-order valence-electron chi connectivity index (χ4n) is 3.08. The Balaban J connectivity index is 1.52. The van der Waals surface area contributed by atoms with E-state index in [4.69, 9.17) is 4.74 Å². The Kier molecular flexibility index (Phi) is 6.98. The van der Waals surface area contributed by atoms with Crippen LogP contribution in [0.3, 0.4) is 0 Å². The molecular formula is C20H27N5O2. The van der Waals surface area contributed by atoms with Crippen molar-refractivity contribution < 1.29 is 9.53 Å². The minimum Gasteiger partial charge on any atom is -0.385 e. The topological polar surface area (TPSA) is 79.4 Å². The van der Waals surface area contributed by atoms with E-state index in [1.165, 1.54) is 24.9 Å². The molecule has 1 aliphatic heterocycles. The summed E-state index contributed by atoms with van der Waals surface area (Å²) in [6.07, 6.45) is 4.68. The summed E-state index contributed by atoms with van der Waals surface area (Å²) in [5, 5.41) is 14.1. The van der Waals surface area contributed by atoms with Crippen LogP contribution in [0.2, 0.25) is 0 Å². The molecule has 1 saturated heterocycles. The third-order valence-electron chi connectivity index (χ3n) is 4.57. The molecule has 1 aliphatic rings. The average molecular weight is 369 g/mol. The summed E-state index contributed by atoms with van der Waals surface area (Å²) >= 11 is 0. The van der Waals surface area contributed by atoms with E-state index in [0.717, 1.165) is 31.7 Å². The number of nitrogens with one attached hydrogen (secondary N) is 2. The van der Waals surface area contributed by atoms with Gasteiger partial charge in [-0.15, -0.1) is 10.2 Å². The highest BCUT2D eigenvalue weighted by Gasteiger charge is 2.12. The van der Waals surface area contributed by atoms with E-state index in [1.807, 2.05) is 12.1 Å². The number of ether oxygens (including phenoxy) is 1. The van der Waals surface area contributed by atoms with E-state index in [2.05, 4.69) is 37.9 Å². The number of rotatable bonds is 8. The van der Waals surface area contributed by atoms with Gasteiger partial charge in [-0.3, -0.25) is 4.79 Å². The molecule has 2 N–H and O–H groups in total. The lowest BCUT2D eigenvalue weighted by molar-refractivity contribution is 0.102. The molecule has 0 spiro atoms. The fourth-order valence-corrected chi connectivity index (χ4v) is 3.08. The van der Waals surface area contributed by atoms with Crippen LogP contribution in [0.25, 0.3) is 0 Å². The van der Waals surface area contributed by atoms with Gasteiger partial charge in [0.25, 0.3) is 5.91 Å². The molecule has 3 rings (SSSR count). The molecule has 0 atom stereocenters. The van der Waals surface area contributed by atoms with Gasteiger partial charge >= 0.3 is 0 Å². The number of anilines is 3. The number of aromatic nitrogens is 2. The zero-order chi connectivity index (χ0) is 18.9. The maximum absolute atomic E-state index is 12.4. The molecule has 7 nitrogen and oxygen atoms in total. The van der Waals surface area contributed by atoms with Crippen LogP contribution in [0.5, 0.6) is 0 Å². The second kappa shape index (κ2) is 9.87. The number of methoxy groups -OCH3 is 1. The predicted octanol–water partition coefficient (Wildman–Crippen LogP) is 3.17. The highest BCUT2D eigenvalue weighted by molar-refractivity contribution is 6.02. The first-order valence-electron chi connectivity index (χ1n) is 9.49. The molecule has 1 aromatic carbocycles. The molecule has 0 unspecified atom stereocenters. The molecule has 0 saturated carbocycles. The molecular weight excluding hydrogens is 342 g/mol. The van der Waals surface area contributed by atoms with Crippen molar-refractivity contribution in [1.29, 1.82) is 0 Å². The molecule has 144 valence electrons. The van der Waals surface area contributed by atoms with E-state index in [0.29, 0.717) is 12.4 Å². The summed E-state index contributed by atoms with van der Waals surface area (Å²) < 4.78 is 5.00. The van der Waals surface area contributed by atoms with Crippen molar-refractivity contribution in [2.45, 2.75) is 25.7 Å². The summed E-state index contributed by atoms with van der Waals surface area (Å²) in [4.78, 5) is 14.7. The van der Waals surface area contributed by atoms with Crippen LogP contribution in [0, 0.1) is 0 Å². The van der Waals surface area contributed by atoms with Gasteiger partial charge in [0.05, 0.1) is 0 Å². The van der Waals surface area contributed by atoms with E-state index in [-0.39, 0.29) is 11.6 Å². The molecule has 1 aromatic heterocycles. The lowest BCUT2D eigenvalue weighted by Gasteiger charge is -2.28. The molecule has 1 fully saturated rings. The van der Waals surface area contributed by atoms with Gasteiger partial charge in [0.2, 0.25) is 0 Å². The fraction of sp³-hybridized carbons (Fsp3) is 0.450. The van der Waals surface area contributed by atoms with Gasteiger partial charge in [-0.2, -0.15) is 0 Å². The molecule has 0 aliphatic carbocycles. The van der Waals surface area contributed by atoms with Crippen molar-refractivity contribution in [2.24, 2.45) is 0 Å². The first-order valence-corrected chi connectivity index (χ1v) is 9.49. The number of piperidine rings is 1. The Morgan fingerprint density at radius 3 is 2.52 bits per heavy atom. The molecule has 7 heteroatoms. The Morgan fingerprint density at radius 2 is 1.85 bits per heavy atom. The van der Waals surface area contributed by atoms with Crippen molar-refractivity contribution in [2.75, 3.05) is 48.9 Å². The first-order chi connectivity index (χ1) is 13.3. The SMILES string of the molecule is COCCCNc1ccc(C(=O)Nc2ccc(N3CCCCC3)cc2)nn1. The van der Waals surface area contributed by atoms with E-state index < -0.39 is 0 Å². The number of carbonyl (C=O) groups excluding carboxylic acids is 1. The Hall–Kier alpha value is -2.67. The van der Waals surface area contributed by atoms with E-state index >= 15 is 0 Å². The van der Waals surface area contributed by atoms with Crippen molar-refractivity contribution in [1.82, 2.24) is 10.2 Å². The van der Waals surface area contributed by atoms with Gasteiger partial charge in [-0.05, 0) is 62.1 Å². The van der Waals surface area contributed by atoms with E-state index in [1.54, 1.807) is 19.2 Å². The van der Waals surface area contributed by atoms with Gasteiger partial charge in [-0.25, -0.2) is 0 Å². The largest absolute Gasteiger partial charge is 0.385 e. The summed E-state index contributed by atoms with van der Waals surface area (Å²) in [5.41, 5.74) is 2.25. The second-order valence-electron chi connectivity index (χ2n) is 6.63. The van der Waals surface area contributed by atoms with E-state index in [9.17, 15) is 4.79 Å². The molecule has 0 radical (unpaired) electrons.